The van der Waals surface area contributed by atoms with Crippen molar-refractivity contribution in [2.75, 3.05) is 4.90 Å². The number of carbonyl (C=O) groups excluding carboxylic acids is 4. The molecular formula is C34H22N2O4. The van der Waals surface area contributed by atoms with Crippen molar-refractivity contribution in [2.45, 2.75) is 26.7 Å². The molecule has 192 valence electrons. The van der Waals surface area contributed by atoms with Gasteiger partial charge in [0.2, 0.25) is 0 Å². The van der Waals surface area contributed by atoms with Crippen LogP contribution >= 0.6 is 0 Å². The molecule has 8 rings (SSSR count). The van der Waals surface area contributed by atoms with Crippen molar-refractivity contribution in [3.05, 3.63) is 100 Å². The molecule has 0 fully saturated rings. The van der Waals surface area contributed by atoms with Gasteiger partial charge in [0.1, 0.15) is 0 Å². The van der Waals surface area contributed by atoms with Crippen LogP contribution in [0.1, 0.15) is 66.4 Å². The summed E-state index contributed by atoms with van der Waals surface area (Å²) in [7, 11) is 0. The molecule has 6 aromatic rings. The van der Waals surface area contributed by atoms with Crippen LogP contribution in [0, 0.1) is 0 Å². The number of aryl methyl sites for hydroxylation is 2. The summed E-state index contributed by atoms with van der Waals surface area (Å²) in [4.78, 5) is 54.8. The lowest BCUT2D eigenvalue weighted by Gasteiger charge is -2.30. The average Bonchev–Trinajstić information content (AvgIpc) is 2.97. The van der Waals surface area contributed by atoms with Gasteiger partial charge in [-0.25, -0.2) is 4.90 Å². The summed E-state index contributed by atoms with van der Waals surface area (Å²) in [5.74, 6) is -1.48. The van der Waals surface area contributed by atoms with E-state index in [1.165, 1.54) is 4.90 Å². The lowest BCUT2D eigenvalue weighted by atomic mass is 9.82. The zero-order valence-corrected chi connectivity index (χ0v) is 21.8. The number of amides is 4. The fourth-order valence-electron chi connectivity index (χ4n) is 6.75. The van der Waals surface area contributed by atoms with E-state index in [1.807, 2.05) is 49.4 Å². The van der Waals surface area contributed by atoms with Gasteiger partial charge in [-0.2, -0.15) is 0 Å². The first-order valence-electron chi connectivity index (χ1n) is 13.5. The molecular weight excluding hydrogens is 500 g/mol. The highest BCUT2D eigenvalue weighted by atomic mass is 16.2. The maximum atomic E-state index is 14.1. The summed E-state index contributed by atoms with van der Waals surface area (Å²) >= 11 is 0. The van der Waals surface area contributed by atoms with E-state index in [4.69, 9.17) is 0 Å². The van der Waals surface area contributed by atoms with Crippen molar-refractivity contribution in [1.82, 2.24) is 5.32 Å². The number of imide groups is 2. The topological polar surface area (TPSA) is 83.6 Å². The molecule has 6 nitrogen and oxygen atoms in total. The van der Waals surface area contributed by atoms with Gasteiger partial charge in [-0.1, -0.05) is 50.2 Å². The summed E-state index contributed by atoms with van der Waals surface area (Å²) in [5.41, 5.74) is 4.55. The molecule has 0 spiro atoms. The second-order valence-electron chi connectivity index (χ2n) is 10.5. The monoisotopic (exact) mass is 522 g/mol. The van der Waals surface area contributed by atoms with E-state index in [9.17, 15) is 19.2 Å². The van der Waals surface area contributed by atoms with Crippen LogP contribution < -0.4 is 10.2 Å². The van der Waals surface area contributed by atoms with Crippen LogP contribution in [0.2, 0.25) is 0 Å². The van der Waals surface area contributed by atoms with Gasteiger partial charge in [0.25, 0.3) is 23.6 Å². The molecule has 0 bridgehead atoms. The van der Waals surface area contributed by atoms with Crippen LogP contribution in [0.15, 0.2) is 66.7 Å². The minimum atomic E-state index is -0.410. The molecule has 0 saturated carbocycles. The summed E-state index contributed by atoms with van der Waals surface area (Å²) in [6.45, 7) is 4.07. The van der Waals surface area contributed by atoms with E-state index in [0.29, 0.717) is 45.1 Å². The highest BCUT2D eigenvalue weighted by Gasteiger charge is 2.36. The minimum absolute atomic E-state index is 0.331. The van der Waals surface area contributed by atoms with Crippen molar-refractivity contribution in [3.63, 3.8) is 0 Å². The Morgan fingerprint density at radius 1 is 0.550 bits per heavy atom. The number of fused-ring (bicyclic) bond motifs is 2. The Bertz CT molecular complexity index is 2070. The lowest BCUT2D eigenvalue weighted by Crippen LogP contribution is -2.41. The van der Waals surface area contributed by atoms with Crippen LogP contribution in [0.4, 0.5) is 5.69 Å². The van der Waals surface area contributed by atoms with E-state index in [0.717, 1.165) is 49.9 Å². The van der Waals surface area contributed by atoms with E-state index in [-0.39, 0.29) is 11.8 Å². The molecule has 0 atom stereocenters. The molecule has 6 heteroatoms. The molecule has 0 radical (unpaired) electrons. The van der Waals surface area contributed by atoms with Crippen LogP contribution in [0.25, 0.3) is 43.1 Å². The van der Waals surface area contributed by atoms with Gasteiger partial charge in [0.15, 0.2) is 0 Å². The van der Waals surface area contributed by atoms with Gasteiger partial charge in [0.05, 0.1) is 5.69 Å². The summed E-state index contributed by atoms with van der Waals surface area (Å²) in [6, 6.07) is 20.8. The molecule has 0 saturated heterocycles. The zero-order chi connectivity index (χ0) is 27.4. The minimum Gasteiger partial charge on any atom is -0.288 e. The molecule has 6 aromatic carbocycles. The molecule has 0 aromatic heterocycles. The maximum absolute atomic E-state index is 14.1. The number of hydrogen-bond acceptors (Lipinski definition) is 4. The van der Waals surface area contributed by atoms with E-state index < -0.39 is 11.8 Å². The van der Waals surface area contributed by atoms with Gasteiger partial charge in [-0.15, -0.1) is 0 Å². The molecule has 2 aliphatic rings. The van der Waals surface area contributed by atoms with Crippen LogP contribution in [0.5, 0.6) is 0 Å². The fourth-order valence-corrected chi connectivity index (χ4v) is 6.75. The number of hydrogen-bond donors (Lipinski definition) is 1. The van der Waals surface area contributed by atoms with Crippen molar-refractivity contribution in [1.29, 1.82) is 0 Å². The van der Waals surface area contributed by atoms with E-state index in [2.05, 4.69) is 12.2 Å². The quantitative estimate of drug-likeness (QED) is 0.162. The van der Waals surface area contributed by atoms with Crippen LogP contribution in [-0.2, 0) is 12.8 Å². The Labute approximate surface area is 228 Å². The Morgan fingerprint density at radius 2 is 1.02 bits per heavy atom. The first kappa shape index (κ1) is 22.8. The molecule has 40 heavy (non-hydrogen) atoms. The fraction of sp³-hybridized carbons (Fsp3) is 0.118. The first-order chi connectivity index (χ1) is 19.4. The van der Waals surface area contributed by atoms with E-state index >= 15 is 0 Å². The SMILES string of the molecule is CCc1ccc(CC)c(N2C(=O)c3ccc4c5ccc6c7c(ccc(c8ccc(c3c48)C2=O)c75)C(=O)NC6=O)c1. The number of nitrogens with one attached hydrogen (secondary N) is 1. The first-order valence-corrected chi connectivity index (χ1v) is 13.5. The largest absolute Gasteiger partial charge is 0.288 e. The van der Waals surface area contributed by atoms with Gasteiger partial charge in [-0.3, -0.25) is 24.5 Å². The van der Waals surface area contributed by atoms with Crippen molar-refractivity contribution < 1.29 is 19.2 Å². The normalized spacial score (nSPS) is 14.8. The lowest BCUT2D eigenvalue weighted by molar-refractivity contribution is 0.0840. The second kappa shape index (κ2) is 7.73. The van der Waals surface area contributed by atoms with Crippen LogP contribution in [0.3, 0.4) is 0 Å². The smallest absolute Gasteiger partial charge is 0.265 e. The van der Waals surface area contributed by atoms with Crippen LogP contribution in [-0.4, -0.2) is 23.6 Å². The standard InChI is InChI=1S/C34H22N2O4/c1-3-16-5-6-17(4-2)26(15-16)36-33(39)24-13-9-20-18-7-11-22-29-23(32(38)35-31(22)37)12-8-19(27(18)29)21-10-14-25(34(36)40)30(24)28(20)21/h5-15H,3-4H2,1-2H3,(H,35,37,38). The van der Waals surface area contributed by atoms with Gasteiger partial charge >= 0.3 is 0 Å². The molecule has 2 heterocycles. The Morgan fingerprint density at radius 3 is 1.50 bits per heavy atom. The third kappa shape index (κ3) is 2.67. The average molecular weight is 523 g/mol. The number of rotatable bonds is 3. The Hall–Kier alpha value is -5.10. The Kier molecular flexibility index (Phi) is 4.41. The van der Waals surface area contributed by atoms with Gasteiger partial charge in [0, 0.05) is 33.0 Å². The van der Waals surface area contributed by atoms with Crippen molar-refractivity contribution >= 4 is 72.4 Å². The van der Waals surface area contributed by atoms with Crippen molar-refractivity contribution in [3.8, 4) is 0 Å². The van der Waals surface area contributed by atoms with Gasteiger partial charge in [-0.05, 0) is 86.6 Å². The third-order valence-electron chi connectivity index (χ3n) is 8.66. The molecule has 0 unspecified atom stereocenters. The highest BCUT2D eigenvalue weighted by Crippen LogP contribution is 2.46. The summed E-state index contributed by atoms with van der Waals surface area (Å²) < 4.78 is 0. The molecule has 0 aliphatic carbocycles. The summed E-state index contributed by atoms with van der Waals surface area (Å²) in [5, 5.41) is 8.91. The number of nitrogens with zero attached hydrogens (tertiary/aromatic N) is 1. The Balaban J connectivity index is 1.46. The zero-order valence-electron chi connectivity index (χ0n) is 21.8. The number of benzene rings is 6. The predicted octanol–water partition coefficient (Wildman–Crippen LogP) is 6.55. The molecule has 4 amide bonds. The maximum Gasteiger partial charge on any atom is 0.265 e. The van der Waals surface area contributed by atoms with Crippen molar-refractivity contribution in [2.24, 2.45) is 0 Å². The number of carbonyl (C=O) groups is 4. The second-order valence-corrected chi connectivity index (χ2v) is 10.5. The number of anilines is 1. The third-order valence-corrected chi connectivity index (χ3v) is 8.66. The molecule has 1 N–H and O–H groups in total. The highest BCUT2D eigenvalue weighted by molar-refractivity contribution is 6.43. The van der Waals surface area contributed by atoms with E-state index in [1.54, 1.807) is 24.3 Å². The van der Waals surface area contributed by atoms with Gasteiger partial charge < -0.3 is 0 Å². The predicted molar refractivity (Wildman–Crippen MR) is 156 cm³/mol. The summed E-state index contributed by atoms with van der Waals surface area (Å²) in [6.07, 6.45) is 1.50. The molecule has 2 aliphatic heterocycles.